The Bertz CT molecular complexity index is 930. The number of allylic oxidation sites excluding steroid dienone is 3. The van der Waals surface area contributed by atoms with Gasteiger partial charge in [-0.15, -0.1) is 0 Å². The van der Waals surface area contributed by atoms with Gasteiger partial charge in [-0.1, -0.05) is 199 Å². The highest BCUT2D eigenvalue weighted by Gasteiger charge is 2.44. The van der Waals surface area contributed by atoms with Crippen molar-refractivity contribution in [3.63, 3.8) is 0 Å². The number of ether oxygens (including phenoxy) is 2. The lowest BCUT2D eigenvalue weighted by Gasteiger charge is -2.40. The molecule has 1 rings (SSSR count). The minimum absolute atomic E-state index is 0.185. The van der Waals surface area contributed by atoms with Crippen molar-refractivity contribution in [3.05, 3.63) is 24.3 Å². The summed E-state index contributed by atoms with van der Waals surface area (Å²) in [6.45, 7) is 3.75. The zero-order valence-electron chi connectivity index (χ0n) is 36.1. The second kappa shape index (κ2) is 37.9. The lowest BCUT2D eigenvalue weighted by Crippen LogP contribution is -2.60. The van der Waals surface area contributed by atoms with Crippen LogP contribution in [0.3, 0.4) is 0 Å². The number of hydrogen-bond acceptors (Lipinski definition) is 8. The quantitative estimate of drug-likeness (QED) is 0.0266. The summed E-state index contributed by atoms with van der Waals surface area (Å²) in [5, 5.41) is 54.1. The fraction of sp³-hybridized carbons (Fsp3) is 0.894. The number of hydrogen-bond donors (Lipinski definition) is 6. The standard InChI is InChI=1S/C47H89NO8/c1-3-5-7-9-11-13-15-17-18-19-20-21-22-23-24-25-27-29-31-33-35-37-43(51)48-40(39-55-47-46(54)45(53)44(52)42(38-49)56-47)41(50)36-34-32-30-28-26-16-14-12-10-8-6-4-2/h26,28,34,36,40-42,44-47,49-50,52-54H,3-25,27,29-33,35,37-39H2,1-2H3,(H,48,51)/b28-26+,36-34+/t40-,41+,42-,44-,45?,46?,47-/m0/s1. The van der Waals surface area contributed by atoms with Gasteiger partial charge in [-0.2, -0.15) is 0 Å². The summed E-state index contributed by atoms with van der Waals surface area (Å²) in [6, 6.07) is -0.815. The van der Waals surface area contributed by atoms with Crippen molar-refractivity contribution in [2.75, 3.05) is 13.2 Å². The molecule has 1 heterocycles. The first-order chi connectivity index (χ1) is 27.3. The number of carbonyl (C=O) groups excluding carboxylic acids is 1. The molecule has 56 heavy (non-hydrogen) atoms. The van der Waals surface area contributed by atoms with E-state index >= 15 is 0 Å². The van der Waals surface area contributed by atoms with Crippen LogP contribution in [0.15, 0.2) is 24.3 Å². The van der Waals surface area contributed by atoms with E-state index in [1.165, 1.54) is 154 Å². The highest BCUT2D eigenvalue weighted by molar-refractivity contribution is 5.76. The van der Waals surface area contributed by atoms with Crippen molar-refractivity contribution >= 4 is 5.91 Å². The van der Waals surface area contributed by atoms with Crippen molar-refractivity contribution in [2.24, 2.45) is 0 Å². The van der Waals surface area contributed by atoms with E-state index < -0.39 is 49.5 Å². The van der Waals surface area contributed by atoms with Gasteiger partial charge in [0.25, 0.3) is 0 Å². The van der Waals surface area contributed by atoms with Gasteiger partial charge >= 0.3 is 0 Å². The molecule has 0 aromatic carbocycles. The maximum Gasteiger partial charge on any atom is 0.220 e. The van der Waals surface area contributed by atoms with Crippen molar-refractivity contribution in [1.29, 1.82) is 0 Å². The van der Waals surface area contributed by atoms with Crippen LogP contribution in [0.1, 0.15) is 213 Å². The third-order valence-corrected chi connectivity index (χ3v) is 11.3. The Hall–Kier alpha value is -1.33. The lowest BCUT2D eigenvalue weighted by atomic mass is 9.99. The van der Waals surface area contributed by atoms with Crippen LogP contribution in [0.4, 0.5) is 0 Å². The van der Waals surface area contributed by atoms with Crippen LogP contribution in [0.5, 0.6) is 0 Å². The zero-order chi connectivity index (χ0) is 40.9. The van der Waals surface area contributed by atoms with Crippen LogP contribution >= 0.6 is 0 Å². The minimum atomic E-state index is -1.57. The molecule has 7 atom stereocenters. The number of carbonyl (C=O) groups is 1. The molecule has 0 aromatic heterocycles. The van der Waals surface area contributed by atoms with Gasteiger partial charge in [0.05, 0.1) is 25.4 Å². The van der Waals surface area contributed by atoms with Gasteiger partial charge in [-0.3, -0.25) is 4.79 Å². The first kappa shape index (κ1) is 52.7. The van der Waals surface area contributed by atoms with Crippen LogP contribution < -0.4 is 5.32 Å². The van der Waals surface area contributed by atoms with Crippen molar-refractivity contribution in [3.8, 4) is 0 Å². The van der Waals surface area contributed by atoms with Gasteiger partial charge in [0.2, 0.25) is 5.91 Å². The molecule has 1 aliphatic rings. The molecule has 9 heteroatoms. The van der Waals surface area contributed by atoms with Gasteiger partial charge in [0, 0.05) is 6.42 Å². The molecule has 2 unspecified atom stereocenters. The molecule has 330 valence electrons. The average molecular weight is 796 g/mol. The number of unbranched alkanes of at least 4 members (excludes halogenated alkanes) is 27. The summed E-state index contributed by atoms with van der Waals surface area (Å²) in [5.41, 5.74) is 0. The van der Waals surface area contributed by atoms with Crippen molar-refractivity contribution < 1.29 is 39.8 Å². The summed E-state index contributed by atoms with van der Waals surface area (Å²) in [5.74, 6) is -0.185. The third kappa shape index (κ3) is 28.2. The Balaban J connectivity index is 2.30. The molecule has 0 aliphatic carbocycles. The van der Waals surface area contributed by atoms with Crippen LogP contribution in [0.2, 0.25) is 0 Å². The van der Waals surface area contributed by atoms with E-state index in [0.717, 1.165) is 38.5 Å². The first-order valence-electron chi connectivity index (χ1n) is 23.6. The van der Waals surface area contributed by atoms with E-state index in [2.05, 4.69) is 31.3 Å². The van der Waals surface area contributed by atoms with Crippen molar-refractivity contribution in [1.82, 2.24) is 5.32 Å². The minimum Gasteiger partial charge on any atom is -0.394 e. The Morgan fingerprint density at radius 3 is 1.50 bits per heavy atom. The number of aliphatic hydroxyl groups excluding tert-OH is 5. The van der Waals surface area contributed by atoms with Gasteiger partial charge in [-0.25, -0.2) is 0 Å². The SMILES string of the molecule is CCCCCCCC/C=C/CC/C=C/[C@@H](O)[C@H](CO[C@H]1O[C@@H](CO)[C@H](O)C(O)C1O)NC(=O)CCCCCCCCCCCCCCCCCCCCCCC. The smallest absolute Gasteiger partial charge is 0.220 e. The molecule has 0 bridgehead atoms. The maximum absolute atomic E-state index is 12.9. The number of aliphatic hydroxyl groups is 5. The predicted molar refractivity (Wildman–Crippen MR) is 230 cm³/mol. The zero-order valence-corrected chi connectivity index (χ0v) is 36.1. The molecule has 1 fully saturated rings. The maximum atomic E-state index is 12.9. The van der Waals surface area contributed by atoms with E-state index in [1.807, 2.05) is 6.08 Å². The third-order valence-electron chi connectivity index (χ3n) is 11.3. The Morgan fingerprint density at radius 1 is 0.589 bits per heavy atom. The highest BCUT2D eigenvalue weighted by Crippen LogP contribution is 2.23. The Labute approximate surface area is 343 Å². The summed E-state index contributed by atoms with van der Waals surface area (Å²) in [6.07, 6.45) is 38.0. The number of rotatable bonds is 39. The Morgan fingerprint density at radius 2 is 1.02 bits per heavy atom. The van der Waals surface area contributed by atoms with E-state index in [1.54, 1.807) is 6.08 Å². The topological polar surface area (TPSA) is 149 Å². The van der Waals surface area contributed by atoms with E-state index in [-0.39, 0.29) is 12.5 Å². The normalized spacial score (nSPS) is 21.3. The molecule has 0 saturated carbocycles. The van der Waals surface area contributed by atoms with Crippen LogP contribution in [-0.4, -0.2) is 87.5 Å². The summed E-state index contributed by atoms with van der Waals surface area (Å²) >= 11 is 0. The summed E-state index contributed by atoms with van der Waals surface area (Å²) < 4.78 is 11.2. The van der Waals surface area contributed by atoms with E-state index in [9.17, 15) is 30.3 Å². The highest BCUT2D eigenvalue weighted by atomic mass is 16.7. The average Bonchev–Trinajstić information content (AvgIpc) is 3.20. The Kier molecular flexibility index (Phi) is 35.7. The predicted octanol–water partition coefficient (Wildman–Crippen LogP) is 9.89. The van der Waals surface area contributed by atoms with Crippen LogP contribution in [0.25, 0.3) is 0 Å². The molecule has 1 amide bonds. The van der Waals surface area contributed by atoms with Gasteiger partial charge in [0.1, 0.15) is 24.4 Å². The molecule has 6 N–H and O–H groups in total. The fourth-order valence-corrected chi connectivity index (χ4v) is 7.47. The first-order valence-corrected chi connectivity index (χ1v) is 23.6. The molecule has 1 aliphatic heterocycles. The summed E-state index contributed by atoms with van der Waals surface area (Å²) in [4.78, 5) is 12.9. The van der Waals surface area contributed by atoms with Crippen LogP contribution in [-0.2, 0) is 14.3 Å². The lowest BCUT2D eigenvalue weighted by molar-refractivity contribution is -0.302. The molecule has 0 aromatic rings. The van der Waals surface area contributed by atoms with Crippen molar-refractivity contribution in [2.45, 2.75) is 256 Å². The monoisotopic (exact) mass is 796 g/mol. The molecule has 0 spiro atoms. The van der Waals surface area contributed by atoms with Gasteiger partial charge in [-0.05, 0) is 32.1 Å². The second-order valence-electron chi connectivity index (χ2n) is 16.5. The molecule has 9 nitrogen and oxygen atoms in total. The number of nitrogens with one attached hydrogen (secondary N) is 1. The van der Waals surface area contributed by atoms with E-state index in [4.69, 9.17) is 9.47 Å². The molecular formula is C47H89NO8. The van der Waals surface area contributed by atoms with Gasteiger partial charge in [0.15, 0.2) is 6.29 Å². The number of amides is 1. The largest absolute Gasteiger partial charge is 0.394 e. The van der Waals surface area contributed by atoms with Gasteiger partial charge < -0.3 is 40.3 Å². The van der Waals surface area contributed by atoms with Crippen LogP contribution in [0, 0.1) is 0 Å². The molecule has 0 radical (unpaired) electrons. The fourth-order valence-electron chi connectivity index (χ4n) is 7.47. The summed E-state index contributed by atoms with van der Waals surface area (Å²) in [7, 11) is 0. The molecular weight excluding hydrogens is 707 g/mol. The second-order valence-corrected chi connectivity index (χ2v) is 16.5. The van der Waals surface area contributed by atoms with E-state index in [0.29, 0.717) is 6.42 Å². The molecule has 1 saturated heterocycles.